The molecule has 6 nitrogen and oxygen atoms in total. The maximum absolute atomic E-state index is 15.6. The summed E-state index contributed by atoms with van der Waals surface area (Å²) in [5.74, 6) is -0.453. The molecule has 3 aliphatic rings. The van der Waals surface area contributed by atoms with Crippen LogP contribution in [0.3, 0.4) is 0 Å². The van der Waals surface area contributed by atoms with E-state index in [0.717, 1.165) is 24.7 Å². The fourth-order valence-corrected chi connectivity index (χ4v) is 5.96. The molecule has 5 rings (SSSR count). The number of carbonyl (C=O) groups excluding carboxylic acids is 1. The predicted molar refractivity (Wildman–Crippen MR) is 119 cm³/mol. The Balaban J connectivity index is 1.50. The lowest BCUT2D eigenvalue weighted by Gasteiger charge is -2.34. The van der Waals surface area contributed by atoms with Gasteiger partial charge in [0.15, 0.2) is 0 Å². The van der Waals surface area contributed by atoms with Gasteiger partial charge in [0.25, 0.3) is 5.91 Å². The number of hydrogen-bond acceptors (Lipinski definition) is 4. The molecule has 32 heavy (non-hydrogen) atoms. The third kappa shape index (κ3) is 3.95. The van der Waals surface area contributed by atoms with Crippen LogP contribution in [0.4, 0.5) is 4.39 Å². The Morgan fingerprint density at radius 1 is 1.19 bits per heavy atom. The van der Waals surface area contributed by atoms with E-state index in [0.29, 0.717) is 30.7 Å². The van der Waals surface area contributed by atoms with Crippen molar-refractivity contribution in [2.24, 2.45) is 5.41 Å². The summed E-state index contributed by atoms with van der Waals surface area (Å²) in [7, 11) is -3.50. The minimum Gasteiger partial charge on any atom is -0.368 e. The van der Waals surface area contributed by atoms with Crippen LogP contribution in [0.2, 0.25) is 0 Å². The number of nitrogens with one attached hydrogen (secondary N) is 1. The summed E-state index contributed by atoms with van der Waals surface area (Å²) >= 11 is 0. The van der Waals surface area contributed by atoms with Crippen LogP contribution in [0.5, 0.6) is 0 Å². The van der Waals surface area contributed by atoms with Gasteiger partial charge in [0, 0.05) is 30.0 Å². The molecular formula is C24H27FN2O4S. The van der Waals surface area contributed by atoms with E-state index < -0.39 is 28.2 Å². The fourth-order valence-electron chi connectivity index (χ4n) is 5.09. The van der Waals surface area contributed by atoms with Gasteiger partial charge in [-0.25, -0.2) is 17.5 Å². The summed E-state index contributed by atoms with van der Waals surface area (Å²) in [6.07, 6.45) is 3.25. The smallest absolute Gasteiger partial charge is 0.252 e. The lowest BCUT2D eigenvalue weighted by atomic mass is 9.91. The van der Waals surface area contributed by atoms with E-state index in [1.54, 1.807) is 17.0 Å². The molecule has 1 spiro atoms. The predicted octanol–water partition coefficient (Wildman–Crippen LogP) is 2.73. The molecular weight excluding hydrogens is 431 g/mol. The van der Waals surface area contributed by atoms with Crippen LogP contribution < -0.4 is 4.72 Å². The van der Waals surface area contributed by atoms with Crippen molar-refractivity contribution in [2.75, 3.05) is 19.4 Å². The van der Waals surface area contributed by atoms with Gasteiger partial charge >= 0.3 is 0 Å². The van der Waals surface area contributed by atoms with Crippen LogP contribution in [0.15, 0.2) is 48.5 Å². The zero-order valence-electron chi connectivity index (χ0n) is 18.0. The van der Waals surface area contributed by atoms with Crippen molar-refractivity contribution >= 4 is 15.9 Å². The number of benzene rings is 2. The van der Waals surface area contributed by atoms with Crippen molar-refractivity contribution in [3.8, 4) is 11.1 Å². The van der Waals surface area contributed by atoms with Gasteiger partial charge in [-0.3, -0.25) is 4.79 Å². The average molecular weight is 459 g/mol. The lowest BCUT2D eigenvalue weighted by Crippen LogP contribution is -2.53. The Morgan fingerprint density at radius 2 is 1.91 bits per heavy atom. The normalized spacial score (nSPS) is 26.2. The molecule has 0 radical (unpaired) electrons. The van der Waals surface area contributed by atoms with Crippen molar-refractivity contribution in [3.63, 3.8) is 0 Å². The number of nitrogens with zero attached hydrogens (tertiary/aromatic N) is 1. The Morgan fingerprint density at radius 3 is 2.50 bits per heavy atom. The second kappa shape index (κ2) is 7.93. The lowest BCUT2D eigenvalue weighted by molar-refractivity contribution is -0.157. The number of halogens is 1. The van der Waals surface area contributed by atoms with E-state index >= 15 is 4.39 Å². The van der Waals surface area contributed by atoms with E-state index in [1.165, 1.54) is 0 Å². The second-order valence-electron chi connectivity index (χ2n) is 9.26. The number of ether oxygens (including phenoxy) is 1. The van der Waals surface area contributed by atoms with Crippen molar-refractivity contribution < 1.29 is 22.3 Å². The van der Waals surface area contributed by atoms with Crippen molar-refractivity contribution in [1.29, 1.82) is 0 Å². The molecule has 1 amide bonds. The molecule has 0 bridgehead atoms. The quantitative estimate of drug-likeness (QED) is 0.722. The summed E-state index contributed by atoms with van der Waals surface area (Å²) in [6.45, 7) is 1.03. The molecule has 2 aromatic carbocycles. The molecule has 2 aromatic rings. The molecule has 1 N–H and O–H groups in total. The molecule has 2 saturated heterocycles. The third-order valence-electron chi connectivity index (χ3n) is 7.01. The molecule has 8 heteroatoms. The van der Waals surface area contributed by atoms with Crippen molar-refractivity contribution in [1.82, 2.24) is 9.62 Å². The van der Waals surface area contributed by atoms with Gasteiger partial charge in [0.1, 0.15) is 11.9 Å². The Labute approximate surface area is 187 Å². The summed E-state index contributed by atoms with van der Waals surface area (Å²) in [5, 5.41) is 0. The van der Waals surface area contributed by atoms with E-state index in [4.69, 9.17) is 4.74 Å². The van der Waals surface area contributed by atoms with E-state index in [9.17, 15) is 13.2 Å². The van der Waals surface area contributed by atoms with Gasteiger partial charge in [-0.2, -0.15) is 0 Å². The number of hydrogen-bond donors (Lipinski definition) is 1. The van der Waals surface area contributed by atoms with Crippen LogP contribution in [0.25, 0.3) is 11.1 Å². The Hall–Kier alpha value is -2.29. The van der Waals surface area contributed by atoms with Crippen LogP contribution in [-0.4, -0.2) is 56.8 Å². The standard InChI is InChI=1S/C24H27FN2O4S/c1-32(29,30)26-22-19(27(15-24(22)11-12-24)23(28)20-10-13-31-20)14-17-8-5-9-18(21(17)25)16-6-3-2-4-7-16/h2-9,19-20,22,26H,10-15H2,1H3/t19-,20-,22+/m1/s1. The van der Waals surface area contributed by atoms with Crippen LogP contribution in [0.1, 0.15) is 24.8 Å². The van der Waals surface area contributed by atoms with E-state index in [1.807, 2.05) is 36.4 Å². The molecule has 1 saturated carbocycles. The zero-order valence-corrected chi connectivity index (χ0v) is 18.8. The molecule has 0 unspecified atom stereocenters. The average Bonchev–Trinajstić information content (AvgIpc) is 3.43. The van der Waals surface area contributed by atoms with Gasteiger partial charge < -0.3 is 9.64 Å². The molecule has 1 aliphatic carbocycles. The minimum atomic E-state index is -3.50. The molecule has 170 valence electrons. The topological polar surface area (TPSA) is 75.7 Å². The van der Waals surface area contributed by atoms with Crippen molar-refractivity contribution in [3.05, 3.63) is 59.9 Å². The van der Waals surface area contributed by atoms with E-state index in [2.05, 4.69) is 4.72 Å². The Bertz CT molecular complexity index is 1130. The highest BCUT2D eigenvalue weighted by molar-refractivity contribution is 7.88. The zero-order chi connectivity index (χ0) is 22.5. The van der Waals surface area contributed by atoms with Crippen molar-refractivity contribution in [2.45, 2.75) is 43.9 Å². The van der Waals surface area contributed by atoms with Crippen LogP contribution in [0, 0.1) is 11.2 Å². The third-order valence-corrected chi connectivity index (χ3v) is 7.70. The fraction of sp³-hybridized carbons (Fsp3) is 0.458. The van der Waals surface area contributed by atoms with Gasteiger partial charge in [0.05, 0.1) is 18.9 Å². The SMILES string of the molecule is CS(=O)(=O)N[C@H]1[C@@H](Cc2cccc(-c3ccccc3)c2F)N(C(=O)[C@H]2CCO2)CC12CC2. The molecule has 2 aliphatic heterocycles. The summed E-state index contributed by atoms with van der Waals surface area (Å²) in [6, 6.07) is 13.7. The molecule has 3 atom stereocenters. The van der Waals surface area contributed by atoms with Gasteiger partial charge in [-0.05, 0) is 30.4 Å². The number of likely N-dealkylation sites (tertiary alicyclic amines) is 1. The first kappa shape index (κ1) is 21.6. The van der Waals surface area contributed by atoms with Gasteiger partial charge in [-0.15, -0.1) is 0 Å². The molecule has 0 aromatic heterocycles. The Kier molecular flexibility index (Phi) is 5.34. The summed E-state index contributed by atoms with van der Waals surface area (Å²) in [5.41, 5.74) is 1.47. The monoisotopic (exact) mass is 458 g/mol. The maximum Gasteiger partial charge on any atom is 0.252 e. The highest BCUT2D eigenvalue weighted by atomic mass is 32.2. The van der Waals surface area contributed by atoms with Gasteiger partial charge in [-0.1, -0.05) is 48.5 Å². The van der Waals surface area contributed by atoms with Crippen LogP contribution in [-0.2, 0) is 26.0 Å². The first-order valence-corrected chi connectivity index (χ1v) is 12.9. The molecule has 2 heterocycles. The number of sulfonamides is 1. The highest BCUT2D eigenvalue weighted by Gasteiger charge is 2.61. The maximum atomic E-state index is 15.6. The summed E-state index contributed by atoms with van der Waals surface area (Å²) < 4.78 is 48.1. The largest absolute Gasteiger partial charge is 0.368 e. The second-order valence-corrected chi connectivity index (χ2v) is 11.0. The molecule has 3 fully saturated rings. The first-order chi connectivity index (χ1) is 15.3. The van der Waals surface area contributed by atoms with Crippen LogP contribution >= 0.6 is 0 Å². The highest BCUT2D eigenvalue weighted by Crippen LogP contribution is 2.56. The summed E-state index contributed by atoms with van der Waals surface area (Å²) in [4.78, 5) is 14.9. The number of rotatable bonds is 6. The number of carbonyl (C=O) groups is 1. The van der Waals surface area contributed by atoms with Gasteiger partial charge in [0.2, 0.25) is 10.0 Å². The minimum absolute atomic E-state index is 0.120. The number of amides is 1. The first-order valence-electron chi connectivity index (χ1n) is 11.0. The van der Waals surface area contributed by atoms with E-state index in [-0.39, 0.29) is 23.6 Å².